The van der Waals surface area contributed by atoms with Crippen LogP contribution in [0.15, 0.2) is 18.6 Å². The second-order valence-corrected chi connectivity index (χ2v) is 7.40. The van der Waals surface area contributed by atoms with Crippen LogP contribution in [0.2, 0.25) is 0 Å². The Bertz CT molecular complexity index is 885. The molecular weight excluding hydrogens is 316 g/mol. The maximum absolute atomic E-state index is 12.6. The smallest absolute Gasteiger partial charge is 0.151 e. The summed E-state index contributed by atoms with van der Waals surface area (Å²) in [6, 6.07) is 4.74. The molecule has 128 valence electrons. The van der Waals surface area contributed by atoms with Gasteiger partial charge in [-0.05, 0) is 25.3 Å². The van der Waals surface area contributed by atoms with Crippen LogP contribution in [0.3, 0.4) is 0 Å². The molecule has 1 spiro atoms. The molecule has 2 aliphatic heterocycles. The van der Waals surface area contributed by atoms with E-state index >= 15 is 0 Å². The highest BCUT2D eigenvalue weighted by molar-refractivity contribution is 5.88. The fraction of sp³-hybridized carbons (Fsp3) is 0.556. The van der Waals surface area contributed by atoms with Crippen molar-refractivity contribution in [1.82, 2.24) is 20.3 Å². The molecule has 2 saturated heterocycles. The zero-order valence-electron chi connectivity index (χ0n) is 13.9. The van der Waals surface area contributed by atoms with Crippen molar-refractivity contribution < 1.29 is 4.79 Å². The van der Waals surface area contributed by atoms with Crippen LogP contribution < -0.4 is 10.2 Å². The van der Waals surface area contributed by atoms with E-state index in [2.05, 4.69) is 25.2 Å². The highest BCUT2D eigenvalue weighted by atomic mass is 16.1. The molecule has 3 fully saturated rings. The van der Waals surface area contributed by atoms with Crippen LogP contribution >= 0.6 is 0 Å². The first-order valence-electron chi connectivity index (χ1n) is 8.93. The number of carbonyl (C=O) groups excluding carboxylic acids is 1. The number of aromatic amines is 1. The minimum Gasteiger partial charge on any atom is -0.352 e. The lowest BCUT2D eigenvalue weighted by Gasteiger charge is -2.36. The van der Waals surface area contributed by atoms with Crippen LogP contribution in [0.5, 0.6) is 0 Å². The van der Waals surface area contributed by atoms with Gasteiger partial charge >= 0.3 is 0 Å². The normalized spacial score (nSPS) is 33.4. The molecule has 2 N–H and O–H groups in total. The fourth-order valence-electron chi connectivity index (χ4n) is 5.70. The van der Waals surface area contributed by atoms with Crippen LogP contribution in [-0.2, 0) is 4.79 Å². The number of carbonyl (C=O) groups is 1. The maximum Gasteiger partial charge on any atom is 0.151 e. The van der Waals surface area contributed by atoms with Gasteiger partial charge < -0.3 is 15.2 Å². The monoisotopic (exact) mass is 336 g/mol. The molecule has 1 aliphatic carbocycles. The number of nitrogens with one attached hydrogen (secondary N) is 2. The predicted octanol–water partition coefficient (Wildman–Crippen LogP) is 1.39. The van der Waals surface area contributed by atoms with E-state index in [-0.39, 0.29) is 23.5 Å². The number of ketones is 1. The van der Waals surface area contributed by atoms with Gasteiger partial charge in [-0.15, -0.1) is 0 Å². The summed E-state index contributed by atoms with van der Waals surface area (Å²) in [5.74, 6) is 1.01. The molecule has 1 saturated carbocycles. The van der Waals surface area contributed by atoms with Gasteiger partial charge in [0.2, 0.25) is 0 Å². The van der Waals surface area contributed by atoms with E-state index in [4.69, 9.17) is 5.26 Å². The van der Waals surface area contributed by atoms with Crippen LogP contribution in [0.1, 0.15) is 25.7 Å². The standard InChI is InChI=1S/C18H20N6O/c19-6-3-13(25)12-9-21-14-1-2-15-18(12,14)5-8-24(15)17-11-4-7-20-16(11)22-10-23-17/h4,7,10,12,14-15,21H,1-3,5,8-9H2,(H,20,22,23). The molecule has 2 aromatic rings. The zero-order chi connectivity index (χ0) is 17.0. The van der Waals surface area contributed by atoms with E-state index in [0.29, 0.717) is 18.6 Å². The number of nitriles is 1. The van der Waals surface area contributed by atoms with Crippen molar-refractivity contribution in [3.05, 3.63) is 18.6 Å². The quantitative estimate of drug-likeness (QED) is 0.879. The zero-order valence-corrected chi connectivity index (χ0v) is 13.9. The number of H-pyrrole nitrogens is 1. The number of hydrogen-bond acceptors (Lipinski definition) is 6. The molecule has 25 heavy (non-hydrogen) atoms. The molecule has 7 nitrogen and oxygen atoms in total. The molecule has 0 radical (unpaired) electrons. The van der Waals surface area contributed by atoms with Crippen molar-refractivity contribution >= 4 is 22.6 Å². The Morgan fingerprint density at radius 1 is 1.44 bits per heavy atom. The molecule has 7 heteroatoms. The number of hydrogen-bond donors (Lipinski definition) is 2. The van der Waals surface area contributed by atoms with Gasteiger partial charge in [-0.2, -0.15) is 5.26 Å². The first-order chi connectivity index (χ1) is 12.3. The van der Waals surface area contributed by atoms with E-state index in [0.717, 1.165) is 42.7 Å². The summed E-state index contributed by atoms with van der Waals surface area (Å²) in [6.45, 7) is 1.61. The Kier molecular flexibility index (Phi) is 3.13. The van der Waals surface area contributed by atoms with Gasteiger partial charge in [0, 0.05) is 42.7 Å². The third kappa shape index (κ3) is 1.86. The summed E-state index contributed by atoms with van der Waals surface area (Å²) in [7, 11) is 0. The Hall–Kier alpha value is -2.46. The molecule has 0 aromatic carbocycles. The second-order valence-electron chi connectivity index (χ2n) is 7.40. The molecule has 2 aromatic heterocycles. The first-order valence-corrected chi connectivity index (χ1v) is 8.93. The summed E-state index contributed by atoms with van der Waals surface area (Å²) in [6.07, 6.45) is 6.64. The lowest BCUT2D eigenvalue weighted by Crippen LogP contribution is -2.45. The van der Waals surface area contributed by atoms with E-state index in [1.807, 2.05) is 18.3 Å². The van der Waals surface area contributed by atoms with Crippen LogP contribution in [0, 0.1) is 22.7 Å². The minimum atomic E-state index is -0.0572. The molecule has 4 heterocycles. The third-order valence-corrected chi connectivity index (χ3v) is 6.62. The molecule has 3 aliphatic rings. The van der Waals surface area contributed by atoms with Crippen LogP contribution in [0.25, 0.3) is 11.0 Å². The molecule has 5 rings (SSSR count). The highest BCUT2D eigenvalue weighted by Gasteiger charge is 2.64. The van der Waals surface area contributed by atoms with Gasteiger partial charge in [0.25, 0.3) is 0 Å². The molecular formula is C18H20N6O. The minimum absolute atomic E-state index is 0.0170. The van der Waals surface area contributed by atoms with Crippen molar-refractivity contribution in [3.8, 4) is 6.07 Å². The van der Waals surface area contributed by atoms with Crippen molar-refractivity contribution in [2.75, 3.05) is 18.0 Å². The van der Waals surface area contributed by atoms with E-state index < -0.39 is 0 Å². The Morgan fingerprint density at radius 2 is 2.36 bits per heavy atom. The van der Waals surface area contributed by atoms with Crippen molar-refractivity contribution in [1.29, 1.82) is 5.26 Å². The molecule has 4 unspecified atom stereocenters. The van der Waals surface area contributed by atoms with E-state index in [1.165, 1.54) is 0 Å². The second kappa shape index (κ2) is 5.27. The number of anilines is 1. The molecule has 0 amide bonds. The van der Waals surface area contributed by atoms with Crippen LogP contribution in [0.4, 0.5) is 5.82 Å². The largest absolute Gasteiger partial charge is 0.352 e. The third-order valence-electron chi connectivity index (χ3n) is 6.62. The van der Waals surface area contributed by atoms with Crippen molar-refractivity contribution in [3.63, 3.8) is 0 Å². The van der Waals surface area contributed by atoms with Crippen molar-refractivity contribution in [2.45, 2.75) is 37.8 Å². The number of fused-ring (bicyclic) bond motifs is 1. The summed E-state index contributed by atoms with van der Waals surface area (Å²) >= 11 is 0. The number of Topliss-reactive ketones (excluding diaryl/α,β-unsaturated/α-hetero) is 1. The highest BCUT2D eigenvalue weighted by Crippen LogP contribution is 2.57. The lowest BCUT2D eigenvalue weighted by atomic mass is 9.69. The average Bonchev–Trinajstić information content (AvgIpc) is 3.34. The predicted molar refractivity (Wildman–Crippen MR) is 91.8 cm³/mol. The van der Waals surface area contributed by atoms with Gasteiger partial charge in [0.1, 0.15) is 17.8 Å². The number of aromatic nitrogens is 3. The van der Waals surface area contributed by atoms with E-state index in [1.54, 1.807) is 6.33 Å². The topological polar surface area (TPSA) is 97.7 Å². The summed E-state index contributed by atoms with van der Waals surface area (Å²) in [5, 5.41) is 13.6. The van der Waals surface area contributed by atoms with Gasteiger partial charge in [-0.3, -0.25) is 4.79 Å². The van der Waals surface area contributed by atoms with E-state index in [9.17, 15) is 4.79 Å². The van der Waals surface area contributed by atoms with Gasteiger partial charge in [-0.25, -0.2) is 9.97 Å². The van der Waals surface area contributed by atoms with Gasteiger partial charge in [-0.1, -0.05) is 0 Å². The number of nitrogens with zero attached hydrogens (tertiary/aromatic N) is 4. The Labute approximate surface area is 145 Å². The van der Waals surface area contributed by atoms with Gasteiger partial charge in [0.05, 0.1) is 17.9 Å². The number of rotatable bonds is 3. The molecule has 0 bridgehead atoms. The van der Waals surface area contributed by atoms with Crippen LogP contribution in [-0.4, -0.2) is 45.9 Å². The summed E-state index contributed by atoms with van der Waals surface area (Å²) in [4.78, 5) is 27.0. The summed E-state index contributed by atoms with van der Waals surface area (Å²) < 4.78 is 0. The first kappa shape index (κ1) is 14.8. The Morgan fingerprint density at radius 3 is 3.24 bits per heavy atom. The Balaban J connectivity index is 1.56. The lowest BCUT2D eigenvalue weighted by molar-refractivity contribution is -0.124. The van der Waals surface area contributed by atoms with Crippen molar-refractivity contribution in [2.24, 2.45) is 11.3 Å². The fourth-order valence-corrected chi connectivity index (χ4v) is 5.70. The van der Waals surface area contributed by atoms with Gasteiger partial charge in [0.15, 0.2) is 5.78 Å². The SMILES string of the molecule is N#CCC(=O)C1CNC2CCC3N(c4ncnc5[nH]ccc45)CCC213. The molecule has 4 atom stereocenters. The average molecular weight is 336 g/mol. The summed E-state index contributed by atoms with van der Waals surface area (Å²) in [5.41, 5.74) is 0.795. The maximum atomic E-state index is 12.6.